The molecular weight excluding hydrogens is 220 g/mol. The zero-order valence-electron chi connectivity index (χ0n) is 11.1. The second-order valence-electron chi connectivity index (χ2n) is 5.96. The van der Waals surface area contributed by atoms with Gasteiger partial charge in [-0.05, 0) is 61.5 Å². The summed E-state index contributed by atoms with van der Waals surface area (Å²) in [6, 6.07) is 0.508. The molecule has 18 heavy (non-hydrogen) atoms. The highest BCUT2D eigenvalue weighted by molar-refractivity contribution is 5.60. The number of hydrogen-bond donors (Lipinski definition) is 2. The second kappa shape index (κ2) is 3.53. The number of hydrogen-bond acceptors (Lipinski definition) is 2. The van der Waals surface area contributed by atoms with Gasteiger partial charge in [0, 0.05) is 29.9 Å². The molecule has 1 fully saturated rings. The Bertz CT molecular complexity index is 545. The number of fused-ring (bicyclic) bond motifs is 1. The molecule has 0 amide bonds. The first-order chi connectivity index (χ1) is 8.74. The molecule has 2 nitrogen and oxygen atoms in total. The van der Waals surface area contributed by atoms with Crippen LogP contribution in [0.25, 0.3) is 0 Å². The summed E-state index contributed by atoms with van der Waals surface area (Å²) in [6.07, 6.45) is 8.42. The van der Waals surface area contributed by atoms with Crippen LogP contribution in [-0.4, -0.2) is 12.6 Å². The normalized spacial score (nSPS) is 33.2. The van der Waals surface area contributed by atoms with Gasteiger partial charge >= 0.3 is 0 Å². The largest absolute Gasteiger partial charge is 0.384 e. The van der Waals surface area contributed by atoms with E-state index in [0.29, 0.717) is 6.04 Å². The van der Waals surface area contributed by atoms with Crippen molar-refractivity contribution in [2.75, 3.05) is 6.54 Å². The molecule has 2 atom stereocenters. The highest BCUT2D eigenvalue weighted by atomic mass is 15.0. The lowest BCUT2D eigenvalue weighted by Gasteiger charge is -2.35. The predicted molar refractivity (Wildman–Crippen MR) is 73.8 cm³/mol. The van der Waals surface area contributed by atoms with Gasteiger partial charge in [0.25, 0.3) is 0 Å². The molecule has 4 rings (SSSR count). The van der Waals surface area contributed by atoms with Crippen molar-refractivity contribution in [2.45, 2.75) is 39.2 Å². The lowest BCUT2D eigenvalue weighted by atomic mass is 9.73. The first-order valence-electron chi connectivity index (χ1n) is 7.09. The Morgan fingerprint density at radius 3 is 3.11 bits per heavy atom. The summed E-state index contributed by atoms with van der Waals surface area (Å²) in [6.45, 7) is 5.63. The average Bonchev–Trinajstić information content (AvgIpc) is 2.76. The summed E-state index contributed by atoms with van der Waals surface area (Å²) in [5, 5.41) is 7.18. The van der Waals surface area contributed by atoms with Crippen LogP contribution in [0, 0.1) is 5.92 Å². The Hall–Kier alpha value is -1.44. The van der Waals surface area contributed by atoms with Crippen LogP contribution in [0.1, 0.15) is 33.1 Å². The van der Waals surface area contributed by atoms with Gasteiger partial charge in [0.1, 0.15) is 0 Å². The van der Waals surface area contributed by atoms with Crippen molar-refractivity contribution in [3.63, 3.8) is 0 Å². The average molecular weight is 240 g/mol. The minimum Gasteiger partial charge on any atom is -0.384 e. The molecular formula is C16H20N2. The number of rotatable bonds is 0. The molecule has 1 saturated heterocycles. The Morgan fingerprint density at radius 1 is 1.33 bits per heavy atom. The molecule has 0 aromatic carbocycles. The van der Waals surface area contributed by atoms with Crippen LogP contribution in [0.5, 0.6) is 0 Å². The zero-order chi connectivity index (χ0) is 12.3. The fourth-order valence-electron chi connectivity index (χ4n) is 4.04. The number of allylic oxidation sites excluding steroid dienone is 6. The third-order valence-electron chi connectivity index (χ3n) is 4.77. The van der Waals surface area contributed by atoms with Gasteiger partial charge in [0.2, 0.25) is 0 Å². The van der Waals surface area contributed by atoms with Crippen molar-refractivity contribution in [1.29, 1.82) is 0 Å². The van der Waals surface area contributed by atoms with Crippen molar-refractivity contribution in [1.82, 2.24) is 10.6 Å². The molecule has 4 aliphatic rings. The molecule has 2 aliphatic carbocycles. The monoisotopic (exact) mass is 240 g/mol. The highest BCUT2D eigenvalue weighted by Crippen LogP contribution is 2.46. The molecule has 2 heteroatoms. The fourth-order valence-corrected chi connectivity index (χ4v) is 4.04. The molecule has 0 aromatic rings. The smallest absolute Gasteiger partial charge is 0.0451 e. The van der Waals surface area contributed by atoms with Crippen LogP contribution >= 0.6 is 0 Å². The van der Waals surface area contributed by atoms with Crippen LogP contribution in [0.2, 0.25) is 0 Å². The summed E-state index contributed by atoms with van der Waals surface area (Å²) < 4.78 is 0. The van der Waals surface area contributed by atoms with Gasteiger partial charge < -0.3 is 10.6 Å². The van der Waals surface area contributed by atoms with Crippen LogP contribution in [0.3, 0.4) is 0 Å². The first kappa shape index (κ1) is 10.5. The SMILES string of the molecule is CC1=CC2=C(CC3CNC4=CCCC2=C43)C(C)N1. The Kier molecular flexibility index (Phi) is 2.06. The van der Waals surface area contributed by atoms with Gasteiger partial charge in [-0.2, -0.15) is 0 Å². The van der Waals surface area contributed by atoms with E-state index in [-0.39, 0.29) is 0 Å². The standard InChI is InChI=1S/C16H20N2/c1-9-6-14-12-4-3-5-15-16(12)11(8-17-15)7-13(14)10(2)18-9/h5-6,10-11,17-18H,3-4,7-8H2,1-2H3. The van der Waals surface area contributed by atoms with Gasteiger partial charge in [-0.15, -0.1) is 0 Å². The van der Waals surface area contributed by atoms with Crippen molar-refractivity contribution >= 4 is 0 Å². The van der Waals surface area contributed by atoms with Crippen molar-refractivity contribution in [3.05, 3.63) is 45.8 Å². The quantitative estimate of drug-likeness (QED) is 0.680. The van der Waals surface area contributed by atoms with E-state index in [1.54, 1.807) is 22.3 Å². The van der Waals surface area contributed by atoms with Crippen LogP contribution < -0.4 is 10.6 Å². The Morgan fingerprint density at radius 2 is 2.22 bits per heavy atom. The van der Waals surface area contributed by atoms with E-state index >= 15 is 0 Å². The molecule has 2 unspecified atom stereocenters. The summed E-state index contributed by atoms with van der Waals surface area (Å²) >= 11 is 0. The molecule has 2 heterocycles. The summed E-state index contributed by atoms with van der Waals surface area (Å²) in [7, 11) is 0. The Balaban J connectivity index is 1.91. The molecule has 0 spiro atoms. The molecule has 2 N–H and O–H groups in total. The second-order valence-corrected chi connectivity index (χ2v) is 5.96. The minimum absolute atomic E-state index is 0.508. The molecule has 0 aromatic heterocycles. The van der Waals surface area contributed by atoms with E-state index < -0.39 is 0 Å². The molecule has 0 bridgehead atoms. The number of dihydropyridines is 1. The van der Waals surface area contributed by atoms with Crippen molar-refractivity contribution in [2.24, 2.45) is 5.92 Å². The van der Waals surface area contributed by atoms with Gasteiger partial charge in [-0.3, -0.25) is 0 Å². The number of nitrogens with one attached hydrogen (secondary N) is 2. The van der Waals surface area contributed by atoms with Crippen LogP contribution in [-0.2, 0) is 0 Å². The maximum absolute atomic E-state index is 3.60. The van der Waals surface area contributed by atoms with E-state index in [0.717, 1.165) is 12.5 Å². The third-order valence-corrected chi connectivity index (χ3v) is 4.77. The van der Waals surface area contributed by atoms with Gasteiger partial charge in [0.15, 0.2) is 0 Å². The van der Waals surface area contributed by atoms with E-state index in [1.165, 1.54) is 30.7 Å². The van der Waals surface area contributed by atoms with Crippen molar-refractivity contribution < 1.29 is 0 Å². The van der Waals surface area contributed by atoms with E-state index in [4.69, 9.17) is 0 Å². The lowest BCUT2D eigenvalue weighted by molar-refractivity contribution is 0.558. The van der Waals surface area contributed by atoms with Crippen LogP contribution in [0.4, 0.5) is 0 Å². The summed E-state index contributed by atoms with van der Waals surface area (Å²) in [5.41, 5.74) is 9.21. The first-order valence-corrected chi connectivity index (χ1v) is 7.09. The topological polar surface area (TPSA) is 24.1 Å². The summed E-state index contributed by atoms with van der Waals surface area (Å²) in [4.78, 5) is 0. The lowest BCUT2D eigenvalue weighted by Crippen LogP contribution is -2.34. The molecule has 94 valence electrons. The summed E-state index contributed by atoms with van der Waals surface area (Å²) in [5.74, 6) is 0.723. The zero-order valence-corrected chi connectivity index (χ0v) is 11.1. The highest BCUT2D eigenvalue weighted by Gasteiger charge is 2.37. The maximum Gasteiger partial charge on any atom is 0.0451 e. The van der Waals surface area contributed by atoms with E-state index in [1.807, 2.05) is 0 Å². The molecule has 0 radical (unpaired) electrons. The van der Waals surface area contributed by atoms with Gasteiger partial charge in [-0.1, -0.05) is 6.08 Å². The Labute approximate surface area is 109 Å². The van der Waals surface area contributed by atoms with E-state index in [2.05, 4.69) is 36.6 Å². The third kappa shape index (κ3) is 1.29. The maximum atomic E-state index is 3.60. The predicted octanol–water partition coefficient (Wildman–Crippen LogP) is 2.78. The molecule has 2 aliphatic heterocycles. The van der Waals surface area contributed by atoms with Crippen molar-refractivity contribution in [3.8, 4) is 0 Å². The van der Waals surface area contributed by atoms with E-state index in [9.17, 15) is 0 Å². The van der Waals surface area contributed by atoms with Crippen LogP contribution in [0.15, 0.2) is 45.8 Å². The van der Waals surface area contributed by atoms with Gasteiger partial charge in [-0.25, -0.2) is 0 Å². The van der Waals surface area contributed by atoms with Gasteiger partial charge in [0.05, 0.1) is 0 Å². The minimum atomic E-state index is 0.508. The fraction of sp³-hybridized carbons (Fsp3) is 0.500. The molecule has 0 saturated carbocycles.